The second-order valence-corrected chi connectivity index (χ2v) is 4.66. The van der Waals surface area contributed by atoms with Crippen molar-refractivity contribution in [2.45, 2.75) is 13.8 Å². The van der Waals surface area contributed by atoms with Crippen molar-refractivity contribution in [1.82, 2.24) is 0 Å². The quantitative estimate of drug-likeness (QED) is 0.737. The lowest BCUT2D eigenvalue weighted by atomic mass is 9.99. The van der Waals surface area contributed by atoms with Crippen molar-refractivity contribution >= 4 is 17.4 Å². The van der Waals surface area contributed by atoms with Crippen molar-refractivity contribution in [2.75, 3.05) is 0 Å². The zero-order valence-electron chi connectivity index (χ0n) is 10.1. The number of carbonyl (C=O) groups is 1. The van der Waals surface area contributed by atoms with Crippen LogP contribution in [0.4, 0.5) is 4.39 Å². The second-order valence-electron chi connectivity index (χ2n) is 4.26. The Labute approximate surface area is 110 Å². The number of aryl methyl sites for hydroxylation is 2. The van der Waals surface area contributed by atoms with Crippen LogP contribution in [0.15, 0.2) is 36.4 Å². The molecule has 3 heteroatoms. The summed E-state index contributed by atoms with van der Waals surface area (Å²) in [5, 5.41) is 0.0200. The van der Waals surface area contributed by atoms with Gasteiger partial charge in [-0.25, -0.2) is 4.39 Å². The third kappa shape index (κ3) is 2.44. The smallest absolute Gasteiger partial charge is 0.193 e. The molecular weight excluding hydrogens is 251 g/mol. The topological polar surface area (TPSA) is 17.1 Å². The highest BCUT2D eigenvalue weighted by molar-refractivity contribution is 6.30. The van der Waals surface area contributed by atoms with E-state index in [4.69, 9.17) is 11.6 Å². The third-order valence-electron chi connectivity index (χ3n) is 2.95. The molecule has 2 aromatic carbocycles. The molecule has 0 aliphatic rings. The fourth-order valence-electron chi connectivity index (χ4n) is 1.69. The summed E-state index contributed by atoms with van der Waals surface area (Å²) in [7, 11) is 0. The van der Waals surface area contributed by atoms with Crippen molar-refractivity contribution in [3.8, 4) is 0 Å². The molecule has 0 fully saturated rings. The summed E-state index contributed by atoms with van der Waals surface area (Å²) in [6, 6.07) is 9.53. The minimum atomic E-state index is -0.577. The van der Waals surface area contributed by atoms with E-state index in [0.29, 0.717) is 11.1 Å². The van der Waals surface area contributed by atoms with Crippen LogP contribution in [-0.2, 0) is 0 Å². The molecular formula is C15H12ClFO. The zero-order chi connectivity index (χ0) is 13.3. The van der Waals surface area contributed by atoms with E-state index in [9.17, 15) is 9.18 Å². The fourth-order valence-corrected chi connectivity index (χ4v) is 1.80. The first-order chi connectivity index (χ1) is 8.49. The van der Waals surface area contributed by atoms with Crippen LogP contribution in [0.25, 0.3) is 0 Å². The molecule has 0 saturated carbocycles. The number of rotatable bonds is 2. The molecule has 2 rings (SSSR count). The molecule has 0 spiro atoms. The maximum Gasteiger partial charge on any atom is 0.193 e. The average Bonchev–Trinajstić information content (AvgIpc) is 2.35. The van der Waals surface area contributed by atoms with Crippen LogP contribution in [0.1, 0.15) is 27.0 Å². The Morgan fingerprint density at radius 1 is 1.00 bits per heavy atom. The van der Waals surface area contributed by atoms with Gasteiger partial charge in [0.1, 0.15) is 5.82 Å². The van der Waals surface area contributed by atoms with E-state index in [0.717, 1.165) is 11.1 Å². The third-order valence-corrected chi connectivity index (χ3v) is 3.26. The molecule has 0 radical (unpaired) electrons. The molecule has 0 heterocycles. The monoisotopic (exact) mass is 262 g/mol. The normalized spacial score (nSPS) is 10.4. The average molecular weight is 263 g/mol. The molecule has 18 heavy (non-hydrogen) atoms. The molecule has 2 aromatic rings. The lowest BCUT2D eigenvalue weighted by Crippen LogP contribution is -2.02. The summed E-state index contributed by atoms with van der Waals surface area (Å²) < 4.78 is 13.3. The van der Waals surface area contributed by atoms with Crippen LogP contribution < -0.4 is 0 Å². The lowest BCUT2D eigenvalue weighted by Gasteiger charge is -2.05. The van der Waals surface area contributed by atoms with Gasteiger partial charge in [-0.2, -0.15) is 0 Å². The summed E-state index contributed by atoms with van der Waals surface area (Å²) in [5.41, 5.74) is 3.02. The van der Waals surface area contributed by atoms with E-state index in [1.165, 1.54) is 18.2 Å². The van der Waals surface area contributed by atoms with Gasteiger partial charge in [0, 0.05) is 11.1 Å². The van der Waals surface area contributed by atoms with Gasteiger partial charge in [-0.05, 0) is 49.2 Å². The number of benzene rings is 2. The molecule has 0 N–H and O–H groups in total. The van der Waals surface area contributed by atoms with Crippen molar-refractivity contribution in [3.63, 3.8) is 0 Å². The molecule has 0 aliphatic heterocycles. The zero-order valence-corrected chi connectivity index (χ0v) is 10.9. The Kier molecular flexibility index (Phi) is 3.48. The highest BCUT2D eigenvalue weighted by Gasteiger charge is 2.11. The van der Waals surface area contributed by atoms with Gasteiger partial charge >= 0.3 is 0 Å². The van der Waals surface area contributed by atoms with Gasteiger partial charge in [0.15, 0.2) is 5.78 Å². The van der Waals surface area contributed by atoms with Gasteiger partial charge < -0.3 is 0 Å². The van der Waals surface area contributed by atoms with E-state index in [1.807, 2.05) is 26.0 Å². The van der Waals surface area contributed by atoms with Crippen LogP contribution in [-0.4, -0.2) is 5.78 Å². The number of ketones is 1. The van der Waals surface area contributed by atoms with Crippen molar-refractivity contribution in [2.24, 2.45) is 0 Å². The summed E-state index contributed by atoms with van der Waals surface area (Å²) in [6.45, 7) is 3.92. The van der Waals surface area contributed by atoms with Crippen molar-refractivity contribution in [3.05, 3.63) is 69.5 Å². The summed E-state index contributed by atoms with van der Waals surface area (Å²) >= 11 is 5.59. The van der Waals surface area contributed by atoms with Gasteiger partial charge in [0.2, 0.25) is 0 Å². The molecule has 0 unspecified atom stereocenters. The second kappa shape index (κ2) is 4.91. The van der Waals surface area contributed by atoms with Crippen LogP contribution in [0.3, 0.4) is 0 Å². The first-order valence-electron chi connectivity index (χ1n) is 5.56. The first-order valence-corrected chi connectivity index (χ1v) is 5.94. The summed E-state index contributed by atoms with van der Waals surface area (Å²) in [4.78, 5) is 12.2. The molecule has 0 aliphatic carbocycles. The maximum absolute atomic E-state index is 13.3. The Hall–Kier alpha value is -1.67. The van der Waals surface area contributed by atoms with Gasteiger partial charge in [-0.1, -0.05) is 23.7 Å². The maximum atomic E-state index is 13.3. The van der Waals surface area contributed by atoms with Gasteiger partial charge in [0.05, 0.1) is 5.02 Å². The van der Waals surface area contributed by atoms with Crippen LogP contribution >= 0.6 is 11.6 Å². The summed E-state index contributed by atoms with van der Waals surface area (Å²) in [5.74, 6) is -0.778. The van der Waals surface area contributed by atoms with E-state index in [2.05, 4.69) is 0 Å². The van der Waals surface area contributed by atoms with Crippen LogP contribution in [0, 0.1) is 19.7 Å². The Morgan fingerprint density at radius 2 is 1.61 bits per heavy atom. The fraction of sp³-hybridized carbons (Fsp3) is 0.133. The highest BCUT2D eigenvalue weighted by atomic mass is 35.5. The van der Waals surface area contributed by atoms with Crippen LogP contribution in [0.5, 0.6) is 0 Å². The largest absolute Gasteiger partial charge is 0.289 e. The Morgan fingerprint density at radius 3 is 2.22 bits per heavy atom. The minimum Gasteiger partial charge on any atom is -0.289 e. The standard InChI is InChI=1S/C15H12ClFO/c1-9-3-4-11(7-10(9)2)15(18)12-5-6-13(16)14(17)8-12/h3-8H,1-2H3. The predicted molar refractivity (Wildman–Crippen MR) is 70.8 cm³/mol. The van der Waals surface area contributed by atoms with Crippen molar-refractivity contribution < 1.29 is 9.18 Å². The Bertz CT molecular complexity index is 566. The minimum absolute atomic E-state index is 0.0200. The van der Waals surface area contributed by atoms with Gasteiger partial charge in [-0.3, -0.25) is 4.79 Å². The lowest BCUT2D eigenvalue weighted by molar-refractivity contribution is 0.103. The summed E-state index contributed by atoms with van der Waals surface area (Å²) in [6.07, 6.45) is 0. The molecule has 0 amide bonds. The SMILES string of the molecule is Cc1ccc(C(=O)c2ccc(Cl)c(F)c2)cc1C. The van der Waals surface area contributed by atoms with Gasteiger partial charge in [-0.15, -0.1) is 0 Å². The molecule has 0 bridgehead atoms. The number of halogens is 2. The number of hydrogen-bond donors (Lipinski definition) is 0. The van der Waals surface area contributed by atoms with E-state index in [-0.39, 0.29) is 10.8 Å². The predicted octanol–water partition coefficient (Wildman–Crippen LogP) is 4.33. The Balaban J connectivity index is 2.41. The molecule has 0 atom stereocenters. The highest BCUT2D eigenvalue weighted by Crippen LogP contribution is 2.19. The number of carbonyl (C=O) groups excluding carboxylic acids is 1. The molecule has 92 valence electrons. The first kappa shape index (κ1) is 12.8. The van der Waals surface area contributed by atoms with Gasteiger partial charge in [0.25, 0.3) is 0 Å². The molecule has 0 saturated heterocycles. The van der Waals surface area contributed by atoms with Crippen molar-refractivity contribution in [1.29, 1.82) is 0 Å². The van der Waals surface area contributed by atoms with E-state index >= 15 is 0 Å². The van der Waals surface area contributed by atoms with Crippen LogP contribution in [0.2, 0.25) is 5.02 Å². The number of hydrogen-bond acceptors (Lipinski definition) is 1. The molecule has 1 nitrogen and oxygen atoms in total. The van der Waals surface area contributed by atoms with E-state index < -0.39 is 5.82 Å². The van der Waals surface area contributed by atoms with E-state index in [1.54, 1.807) is 6.07 Å². The molecule has 0 aromatic heterocycles.